The summed E-state index contributed by atoms with van der Waals surface area (Å²) in [5.74, 6) is 3.59. The Morgan fingerprint density at radius 3 is 0.770 bits per heavy atom. The number of aromatic hydroxyl groups is 4. The molecular weight excluding hydrogens is 1610 g/mol. The Hall–Kier alpha value is -12.9. The normalized spacial score (nSPS) is 11.3. The van der Waals surface area contributed by atoms with Crippen molar-refractivity contribution in [3.05, 3.63) is 235 Å². The molecule has 5 amide bonds. The van der Waals surface area contributed by atoms with Gasteiger partial charge in [0, 0.05) is 32.1 Å². The largest absolute Gasteiger partial charge is 0.507 e. The van der Waals surface area contributed by atoms with Gasteiger partial charge in [-0.3, -0.25) is 26.3 Å². The molecule has 0 radical (unpaired) electrons. The van der Waals surface area contributed by atoms with E-state index in [1.165, 1.54) is 0 Å². The number of phenolic OH excluding ortho intramolecular Hbond substituents is 4. The summed E-state index contributed by atoms with van der Waals surface area (Å²) in [5.41, 5.74) is 20.8. The van der Waals surface area contributed by atoms with E-state index in [4.69, 9.17) is 54.1 Å². The molecule has 8 aromatic carbocycles. The zero-order valence-corrected chi connectivity index (χ0v) is 77.2. The van der Waals surface area contributed by atoms with Crippen LogP contribution < -0.4 is 57.0 Å². The molecule has 8 aromatic rings. The number of amides is 5. The number of rotatable bonds is 29. The molecule has 0 unspecified atom stereocenters. The minimum atomic E-state index is -0.798. The van der Waals surface area contributed by atoms with Crippen LogP contribution in [-0.2, 0) is 75.1 Å². The van der Waals surface area contributed by atoms with E-state index in [-0.39, 0.29) is 68.8 Å². The second-order valence-electron chi connectivity index (χ2n) is 34.8. The number of ether oxygens (including phenoxy) is 9. The van der Waals surface area contributed by atoms with E-state index in [1.54, 1.807) is 104 Å². The number of guanidine groups is 3. The van der Waals surface area contributed by atoms with Crippen molar-refractivity contribution in [2.75, 3.05) is 52.6 Å². The van der Waals surface area contributed by atoms with Crippen LogP contribution in [0.3, 0.4) is 0 Å². The predicted octanol–water partition coefficient (Wildman–Crippen LogP) is 17.6. The molecule has 0 aliphatic carbocycles. The molecule has 126 heavy (non-hydrogen) atoms. The number of carbonyl (C=O) groups is 5. The number of hydrogen-bond donors (Lipinski definition) is 11. The fourth-order valence-electron chi connectivity index (χ4n) is 12.8. The molecule has 0 fully saturated rings. The molecule has 8 rings (SSSR count). The predicted molar refractivity (Wildman–Crippen MR) is 494 cm³/mol. The number of nitrogens with zero attached hydrogens (tertiary/aromatic N) is 3. The fourth-order valence-corrected chi connectivity index (χ4v) is 12.8. The zero-order valence-electron chi connectivity index (χ0n) is 77.2. The lowest BCUT2D eigenvalue weighted by Gasteiger charge is -2.22. The number of aliphatic imine (C=N–C) groups is 3. The third kappa shape index (κ3) is 35.8. The van der Waals surface area contributed by atoms with E-state index in [0.717, 1.165) is 96.5 Å². The molecule has 13 N–H and O–H groups in total. The number of nitrogens with one attached hydrogen (secondary N) is 5. The molecule has 0 spiro atoms. The van der Waals surface area contributed by atoms with Gasteiger partial charge in [-0.25, -0.2) is 34.0 Å². The fraction of sp³-hybridized carbons (Fsp3) is 0.429. The van der Waals surface area contributed by atoms with Crippen molar-refractivity contribution < 1.29 is 87.0 Å². The van der Waals surface area contributed by atoms with Gasteiger partial charge in [-0.05, 0) is 233 Å². The number of aryl methyl sites for hydroxylation is 6. The second kappa shape index (κ2) is 47.8. The highest BCUT2D eigenvalue weighted by molar-refractivity contribution is 6.02. The molecule has 28 heteroatoms. The third-order valence-corrected chi connectivity index (χ3v) is 18.3. The Morgan fingerprint density at radius 2 is 0.516 bits per heavy atom. The summed E-state index contributed by atoms with van der Waals surface area (Å²) in [7, 11) is 0. The van der Waals surface area contributed by atoms with Crippen LogP contribution in [0.1, 0.15) is 214 Å². The van der Waals surface area contributed by atoms with E-state index >= 15 is 0 Å². The Kier molecular flexibility index (Phi) is 38.7. The van der Waals surface area contributed by atoms with Crippen molar-refractivity contribution in [2.45, 2.75) is 225 Å². The molecule has 28 nitrogen and oxygen atoms in total. The molecular formula is C98H132N10O18. The number of para-hydroxylation sites is 8. The first kappa shape index (κ1) is 102. The van der Waals surface area contributed by atoms with Crippen LogP contribution >= 0.6 is 0 Å². The second-order valence-corrected chi connectivity index (χ2v) is 34.8. The van der Waals surface area contributed by atoms with Gasteiger partial charge in [0.15, 0.2) is 5.96 Å². The van der Waals surface area contributed by atoms with Crippen molar-refractivity contribution >= 4 is 48.3 Å². The maximum absolute atomic E-state index is 12.6. The van der Waals surface area contributed by atoms with Crippen molar-refractivity contribution in [1.82, 2.24) is 26.6 Å². The molecule has 0 aromatic heterocycles. The number of hydrogen-bond acceptors (Lipinski definition) is 21. The van der Waals surface area contributed by atoms with Crippen molar-refractivity contribution in [2.24, 2.45) is 26.4 Å². The first-order chi connectivity index (χ1) is 59.2. The van der Waals surface area contributed by atoms with Gasteiger partial charge in [0.05, 0.1) is 26.2 Å². The van der Waals surface area contributed by atoms with Crippen LogP contribution in [0.5, 0.6) is 46.0 Å². The maximum atomic E-state index is 12.6. The topological polar surface area (TPSA) is 399 Å². The summed E-state index contributed by atoms with van der Waals surface area (Å²) in [4.78, 5) is 74.6. The van der Waals surface area contributed by atoms with Crippen LogP contribution in [0, 0.1) is 20.8 Å². The smallest absolute Gasteiger partial charge is 0.414 e. The van der Waals surface area contributed by atoms with Crippen LogP contribution in [0.4, 0.5) is 24.0 Å². The number of phenols is 4. The average molecular weight is 1740 g/mol. The highest BCUT2D eigenvalue weighted by Gasteiger charge is 2.26. The molecule has 0 aliphatic heterocycles. The first-order valence-corrected chi connectivity index (χ1v) is 42.4. The summed E-state index contributed by atoms with van der Waals surface area (Å²) < 4.78 is 51.2. The van der Waals surface area contributed by atoms with Crippen molar-refractivity contribution in [3.63, 3.8) is 0 Å². The first-order valence-electron chi connectivity index (χ1n) is 42.4. The minimum Gasteiger partial charge on any atom is -0.507 e. The van der Waals surface area contributed by atoms with Gasteiger partial charge in [0.25, 0.3) is 0 Å². The Morgan fingerprint density at radius 1 is 0.302 bits per heavy atom. The minimum absolute atomic E-state index is 0.0552. The molecule has 0 bridgehead atoms. The standard InChI is InChI=1S/C50H66N4O10.C29H41N3O6.C19H25N3O2/c1-12-33-18-14-19-34(40(33)55)30-38-23-16-24-39(43(38)61-28-26-52-45(57)62-48(3,4)5)31-36-21-15-20-35(41(36)56)29-37-22-13-17-32(2)42(37)60-27-25-51-44(53-46(58)63-49(6,7)8)54-47(59)64-50(9,10)11;1-9-20-13-11-14-21(23(20)33)18-22-15-10-12-19(2)24(22)36-17-16-30-25(31-26(34)37-28(3,4)5)32-27(35)38-29(6,7)8;1-3-14-7-5-8-15(17(14)23)12-16-9-4-6-13(2)18(16)24-11-10-22-19(20)21/h13-24,55-56H,12,25-31H2,1-11H3,(H,52,57)(H2,51,53,54,58,59);10-15,33H,9,16-18H2,1-8H3,(H2,30,31,32,34,35);4-9,23H,3,10-12H2,1-2H3,(H4,20,21,22). The van der Waals surface area contributed by atoms with Gasteiger partial charge >= 0.3 is 30.5 Å². The van der Waals surface area contributed by atoms with Crippen LogP contribution in [0.25, 0.3) is 0 Å². The number of nitrogens with two attached hydrogens (primary N) is 2. The van der Waals surface area contributed by atoms with Crippen molar-refractivity contribution in [1.29, 1.82) is 0 Å². The van der Waals surface area contributed by atoms with Gasteiger partial charge < -0.3 is 79.8 Å². The molecule has 0 saturated heterocycles. The Labute approximate surface area is 742 Å². The summed E-state index contributed by atoms with van der Waals surface area (Å²) in [6.45, 7) is 39.6. The number of carbonyl (C=O) groups excluding carboxylic acids is 5. The van der Waals surface area contributed by atoms with Gasteiger partial charge in [0.2, 0.25) is 11.9 Å². The van der Waals surface area contributed by atoms with Gasteiger partial charge in [-0.2, -0.15) is 0 Å². The van der Waals surface area contributed by atoms with Crippen molar-refractivity contribution in [3.8, 4) is 46.0 Å². The molecule has 0 saturated carbocycles. The number of alkyl carbamates (subject to hydrolysis) is 5. The third-order valence-electron chi connectivity index (χ3n) is 18.3. The average Bonchev–Trinajstić information content (AvgIpc) is 0.797. The lowest BCUT2D eigenvalue weighted by molar-refractivity contribution is 0.0511. The Bertz CT molecular complexity index is 5000. The summed E-state index contributed by atoms with van der Waals surface area (Å²) in [5, 5.41) is 56.5. The maximum Gasteiger partial charge on any atom is 0.414 e. The van der Waals surface area contributed by atoms with Crippen LogP contribution in [0.15, 0.2) is 161 Å². The zero-order chi connectivity index (χ0) is 93.3. The molecule has 0 aliphatic rings. The SMILES string of the molecule is CCc1cccc(Cc2cccc(C)c2OCCN=C(N)N)c1O.CCc1cccc(Cc2cccc(C)c2OCCN=C(NC(=O)OC(C)(C)C)NC(=O)OC(C)(C)C)c1O.CCc1cccc(Cc2cccc(Cc3cccc(Cc4cccc(C)c4OCCN=C(NC(=O)OC(C)(C)C)NC(=O)OC(C)(C)C)c3O)c2OCCNC(=O)OC(C)(C)C)c1O. The summed E-state index contributed by atoms with van der Waals surface area (Å²) in [6, 6.07) is 46.5. The molecule has 0 atom stereocenters. The quantitative estimate of drug-likeness (QED) is 0.00897. The van der Waals surface area contributed by atoms with Crippen LogP contribution in [0.2, 0.25) is 0 Å². The van der Waals surface area contributed by atoms with E-state index in [9.17, 15) is 44.4 Å². The monoisotopic (exact) mass is 1740 g/mol. The van der Waals surface area contributed by atoms with E-state index in [2.05, 4.69) is 41.6 Å². The highest BCUT2D eigenvalue weighted by atomic mass is 16.6. The lowest BCUT2D eigenvalue weighted by Crippen LogP contribution is -2.47. The molecule has 682 valence electrons. The van der Waals surface area contributed by atoms with Crippen LogP contribution in [-0.4, -0.2) is 149 Å². The van der Waals surface area contributed by atoms with Gasteiger partial charge in [0.1, 0.15) is 100 Å². The highest BCUT2D eigenvalue weighted by Crippen LogP contribution is 2.38. The summed E-state index contributed by atoms with van der Waals surface area (Å²) >= 11 is 0. The van der Waals surface area contributed by atoms with Gasteiger partial charge in [-0.1, -0.05) is 166 Å². The van der Waals surface area contributed by atoms with E-state index in [1.807, 2.05) is 187 Å². The number of benzene rings is 8. The molecule has 0 heterocycles. The Balaban J connectivity index is 0.000000331. The van der Waals surface area contributed by atoms with E-state index in [0.29, 0.717) is 91.6 Å². The lowest BCUT2D eigenvalue weighted by atomic mass is 9.94. The summed E-state index contributed by atoms with van der Waals surface area (Å²) in [6.07, 6.45) is 0.758. The van der Waals surface area contributed by atoms with E-state index < -0.39 is 58.5 Å². The van der Waals surface area contributed by atoms with Gasteiger partial charge in [-0.15, -0.1) is 0 Å².